The maximum Gasteiger partial charge on any atom is 0.231 e. The van der Waals surface area contributed by atoms with Crippen molar-refractivity contribution in [2.45, 2.75) is 45.6 Å². The summed E-state index contributed by atoms with van der Waals surface area (Å²) in [6, 6.07) is 0.379. The monoisotopic (exact) mass is 293 g/mol. The summed E-state index contributed by atoms with van der Waals surface area (Å²) in [5.74, 6) is -0.178. The van der Waals surface area contributed by atoms with E-state index in [0.717, 1.165) is 23.4 Å². The maximum absolute atomic E-state index is 12.2. The van der Waals surface area contributed by atoms with Crippen molar-refractivity contribution in [2.75, 3.05) is 11.9 Å². The Labute approximate surface area is 122 Å². The summed E-state index contributed by atoms with van der Waals surface area (Å²) in [4.78, 5) is 31.5. The van der Waals surface area contributed by atoms with E-state index in [1.807, 2.05) is 18.7 Å². The number of aryl methyl sites for hydroxylation is 2. The normalized spacial score (nSPS) is 23.0. The number of nitrogens with zero attached hydrogens (tertiary/aromatic N) is 2. The molecular weight excluding hydrogens is 274 g/mol. The van der Waals surface area contributed by atoms with Crippen LogP contribution in [-0.4, -0.2) is 34.3 Å². The van der Waals surface area contributed by atoms with E-state index in [0.29, 0.717) is 24.1 Å². The second-order valence-electron chi connectivity index (χ2n) is 5.68. The number of carbonyl (C=O) groups excluding carboxylic acids is 2. The number of amides is 2. The maximum atomic E-state index is 12.2. The van der Waals surface area contributed by atoms with E-state index in [9.17, 15) is 9.59 Å². The molecular formula is C14H19N3O2S. The molecule has 1 aliphatic heterocycles. The number of hydrogen-bond donors (Lipinski definition) is 1. The molecule has 0 bridgehead atoms. The molecule has 0 spiro atoms. The first-order valence-corrected chi connectivity index (χ1v) is 7.90. The fourth-order valence-corrected chi connectivity index (χ4v) is 3.51. The smallest absolute Gasteiger partial charge is 0.231 e. The average molecular weight is 293 g/mol. The predicted molar refractivity (Wildman–Crippen MR) is 77.7 cm³/mol. The minimum atomic E-state index is -0.229. The van der Waals surface area contributed by atoms with Crippen molar-refractivity contribution < 1.29 is 9.59 Å². The molecule has 1 aromatic heterocycles. The molecule has 1 aromatic rings. The topological polar surface area (TPSA) is 62.3 Å². The van der Waals surface area contributed by atoms with Gasteiger partial charge in [0, 0.05) is 23.9 Å². The average Bonchev–Trinajstić information content (AvgIpc) is 2.82. The third kappa shape index (κ3) is 2.44. The molecule has 2 fully saturated rings. The van der Waals surface area contributed by atoms with Gasteiger partial charge in [-0.15, -0.1) is 11.3 Å². The first kappa shape index (κ1) is 13.5. The highest BCUT2D eigenvalue weighted by molar-refractivity contribution is 7.15. The second-order valence-corrected chi connectivity index (χ2v) is 6.88. The van der Waals surface area contributed by atoms with Crippen molar-refractivity contribution in [2.24, 2.45) is 5.92 Å². The van der Waals surface area contributed by atoms with E-state index < -0.39 is 0 Å². The summed E-state index contributed by atoms with van der Waals surface area (Å²) < 4.78 is 0. The van der Waals surface area contributed by atoms with Crippen molar-refractivity contribution in [1.29, 1.82) is 0 Å². The fourth-order valence-electron chi connectivity index (χ4n) is 2.69. The van der Waals surface area contributed by atoms with Gasteiger partial charge in [0.25, 0.3) is 0 Å². The molecule has 108 valence electrons. The Balaban J connectivity index is 1.61. The zero-order valence-corrected chi connectivity index (χ0v) is 12.6. The van der Waals surface area contributed by atoms with Crippen LogP contribution in [0.2, 0.25) is 0 Å². The SMILES string of the molecule is Cc1nc(NC(=O)C2CC(=O)N(C3CCC3)C2)sc1C. The van der Waals surface area contributed by atoms with Crippen molar-refractivity contribution in [3.8, 4) is 0 Å². The highest BCUT2D eigenvalue weighted by Crippen LogP contribution is 2.31. The lowest BCUT2D eigenvalue weighted by atomic mass is 9.92. The highest BCUT2D eigenvalue weighted by atomic mass is 32.1. The van der Waals surface area contributed by atoms with E-state index in [2.05, 4.69) is 10.3 Å². The highest BCUT2D eigenvalue weighted by Gasteiger charge is 2.39. The number of aromatic nitrogens is 1. The Morgan fingerprint density at radius 3 is 2.70 bits per heavy atom. The molecule has 2 heterocycles. The summed E-state index contributed by atoms with van der Waals surface area (Å²) in [5.41, 5.74) is 0.948. The van der Waals surface area contributed by atoms with Crippen LogP contribution in [0.3, 0.4) is 0 Å². The van der Waals surface area contributed by atoms with Crippen molar-refractivity contribution >= 4 is 28.3 Å². The molecule has 3 rings (SSSR count). The zero-order chi connectivity index (χ0) is 14.3. The van der Waals surface area contributed by atoms with Gasteiger partial charge in [-0.3, -0.25) is 9.59 Å². The second kappa shape index (κ2) is 5.16. The summed E-state index contributed by atoms with van der Waals surface area (Å²) in [6.07, 6.45) is 3.71. The van der Waals surface area contributed by atoms with Crippen LogP contribution in [0.1, 0.15) is 36.3 Å². The van der Waals surface area contributed by atoms with Crippen LogP contribution in [0.5, 0.6) is 0 Å². The molecule has 1 saturated heterocycles. The molecule has 1 aliphatic carbocycles. The first-order valence-electron chi connectivity index (χ1n) is 7.09. The Bertz CT molecular complexity index is 531. The summed E-state index contributed by atoms with van der Waals surface area (Å²) in [5, 5.41) is 3.49. The molecule has 0 radical (unpaired) electrons. The number of thiazole rings is 1. The number of hydrogen-bond acceptors (Lipinski definition) is 4. The molecule has 2 aliphatic rings. The van der Waals surface area contributed by atoms with E-state index in [1.165, 1.54) is 17.8 Å². The Morgan fingerprint density at radius 1 is 1.40 bits per heavy atom. The Kier molecular flexibility index (Phi) is 3.50. The van der Waals surface area contributed by atoms with Crippen LogP contribution in [0.25, 0.3) is 0 Å². The number of anilines is 1. The van der Waals surface area contributed by atoms with Gasteiger partial charge in [-0.2, -0.15) is 0 Å². The van der Waals surface area contributed by atoms with Crippen LogP contribution in [0.4, 0.5) is 5.13 Å². The van der Waals surface area contributed by atoms with Gasteiger partial charge < -0.3 is 10.2 Å². The van der Waals surface area contributed by atoms with Gasteiger partial charge in [0.05, 0.1) is 11.6 Å². The van der Waals surface area contributed by atoms with Crippen molar-refractivity contribution in [3.05, 3.63) is 10.6 Å². The van der Waals surface area contributed by atoms with E-state index in [-0.39, 0.29) is 17.7 Å². The van der Waals surface area contributed by atoms with Crippen LogP contribution in [-0.2, 0) is 9.59 Å². The standard InChI is InChI=1S/C14H19N3O2S/c1-8-9(2)20-14(15-8)16-13(19)10-6-12(18)17(7-10)11-4-3-5-11/h10-11H,3-7H2,1-2H3,(H,15,16,19). The molecule has 1 atom stereocenters. The Morgan fingerprint density at radius 2 is 2.15 bits per heavy atom. The minimum absolute atomic E-state index is 0.0751. The predicted octanol–water partition coefficient (Wildman–Crippen LogP) is 2.10. The van der Waals surface area contributed by atoms with Crippen LogP contribution in [0.15, 0.2) is 0 Å². The molecule has 1 unspecified atom stereocenters. The quantitative estimate of drug-likeness (QED) is 0.928. The number of rotatable bonds is 3. The fraction of sp³-hybridized carbons (Fsp3) is 0.643. The van der Waals surface area contributed by atoms with Gasteiger partial charge in [-0.1, -0.05) is 0 Å². The lowest BCUT2D eigenvalue weighted by Gasteiger charge is -2.34. The number of carbonyl (C=O) groups is 2. The van der Waals surface area contributed by atoms with Crippen molar-refractivity contribution in [3.63, 3.8) is 0 Å². The van der Waals surface area contributed by atoms with Crippen molar-refractivity contribution in [1.82, 2.24) is 9.88 Å². The van der Waals surface area contributed by atoms with Gasteiger partial charge in [-0.25, -0.2) is 4.98 Å². The number of nitrogens with one attached hydrogen (secondary N) is 1. The van der Waals surface area contributed by atoms with Crippen LogP contribution < -0.4 is 5.32 Å². The third-order valence-electron chi connectivity index (χ3n) is 4.30. The van der Waals surface area contributed by atoms with Crippen LogP contribution >= 0.6 is 11.3 Å². The molecule has 0 aromatic carbocycles. The molecule has 20 heavy (non-hydrogen) atoms. The molecule has 2 amide bonds. The largest absolute Gasteiger partial charge is 0.339 e. The van der Waals surface area contributed by atoms with Gasteiger partial charge >= 0.3 is 0 Å². The third-order valence-corrected chi connectivity index (χ3v) is 5.29. The van der Waals surface area contributed by atoms with Gasteiger partial charge in [-0.05, 0) is 33.1 Å². The lowest BCUT2D eigenvalue weighted by molar-refractivity contribution is -0.131. The minimum Gasteiger partial charge on any atom is -0.339 e. The molecule has 1 saturated carbocycles. The van der Waals surface area contributed by atoms with E-state index in [1.54, 1.807) is 0 Å². The van der Waals surface area contributed by atoms with Gasteiger partial charge in [0.15, 0.2) is 5.13 Å². The molecule has 1 N–H and O–H groups in total. The Hall–Kier alpha value is -1.43. The van der Waals surface area contributed by atoms with Gasteiger partial charge in [0.2, 0.25) is 11.8 Å². The van der Waals surface area contributed by atoms with E-state index >= 15 is 0 Å². The first-order chi connectivity index (χ1) is 9.54. The number of likely N-dealkylation sites (tertiary alicyclic amines) is 1. The van der Waals surface area contributed by atoms with Crippen LogP contribution in [0, 0.1) is 19.8 Å². The summed E-state index contributed by atoms with van der Waals surface area (Å²) in [6.45, 7) is 4.48. The molecule has 5 nitrogen and oxygen atoms in total. The summed E-state index contributed by atoms with van der Waals surface area (Å²) in [7, 11) is 0. The van der Waals surface area contributed by atoms with E-state index in [4.69, 9.17) is 0 Å². The summed E-state index contributed by atoms with van der Waals surface area (Å²) >= 11 is 1.48. The van der Waals surface area contributed by atoms with Gasteiger partial charge in [0.1, 0.15) is 0 Å². The zero-order valence-electron chi connectivity index (χ0n) is 11.8. The lowest BCUT2D eigenvalue weighted by Crippen LogP contribution is -2.41. The molecule has 6 heteroatoms.